The van der Waals surface area contributed by atoms with Crippen molar-refractivity contribution in [2.24, 2.45) is 0 Å². The first-order valence-electron chi connectivity index (χ1n) is 11.4. The number of hydrogen-bond acceptors (Lipinski definition) is 6. The molecule has 2 fully saturated rings. The van der Waals surface area contributed by atoms with Gasteiger partial charge in [-0.05, 0) is 44.1 Å². The van der Waals surface area contributed by atoms with Crippen molar-refractivity contribution in [2.45, 2.75) is 25.7 Å². The minimum absolute atomic E-state index is 0.166. The van der Waals surface area contributed by atoms with Gasteiger partial charge in [0, 0.05) is 44.0 Å². The van der Waals surface area contributed by atoms with E-state index in [1.165, 1.54) is 0 Å². The Labute approximate surface area is 204 Å². The molecule has 176 valence electrons. The number of carbonyl (C=O) groups is 1. The molecule has 0 saturated carbocycles. The maximum absolute atomic E-state index is 13.0. The summed E-state index contributed by atoms with van der Waals surface area (Å²) in [6, 6.07) is 7.91. The number of nitrogens with zero attached hydrogens (tertiary/aromatic N) is 3. The Kier molecular flexibility index (Phi) is 7.95. The highest BCUT2D eigenvalue weighted by molar-refractivity contribution is 7.80. The van der Waals surface area contributed by atoms with Gasteiger partial charge in [-0.15, -0.1) is 11.3 Å². The van der Waals surface area contributed by atoms with Crippen LogP contribution in [0.1, 0.15) is 41.2 Å². The fourth-order valence-corrected chi connectivity index (χ4v) is 5.32. The van der Waals surface area contributed by atoms with Gasteiger partial charge in [-0.25, -0.2) is 4.98 Å². The maximum atomic E-state index is 13.0. The summed E-state index contributed by atoms with van der Waals surface area (Å²) in [7, 11) is 0. The first kappa shape index (κ1) is 23.7. The number of hydrogen-bond donors (Lipinski definition) is 2. The minimum atomic E-state index is -0.166. The molecular formula is C24H31N5O2S2. The van der Waals surface area contributed by atoms with E-state index in [4.69, 9.17) is 21.9 Å². The zero-order chi connectivity index (χ0) is 23.2. The summed E-state index contributed by atoms with van der Waals surface area (Å²) in [6.45, 7) is 11.4. The smallest absolute Gasteiger partial charge is 0.275 e. The van der Waals surface area contributed by atoms with Gasteiger partial charge in [0.15, 0.2) is 5.11 Å². The average Bonchev–Trinajstić information content (AvgIpc) is 3.34. The van der Waals surface area contributed by atoms with E-state index in [1.54, 1.807) is 11.3 Å². The summed E-state index contributed by atoms with van der Waals surface area (Å²) in [5, 5.41) is 10.0. The molecule has 0 radical (unpaired) electrons. The second-order valence-electron chi connectivity index (χ2n) is 8.52. The fraction of sp³-hybridized carbons (Fsp3) is 0.458. The molecule has 1 aromatic carbocycles. The minimum Gasteiger partial charge on any atom is -0.378 e. The quantitative estimate of drug-likeness (QED) is 0.476. The third-order valence-electron chi connectivity index (χ3n) is 5.93. The van der Waals surface area contributed by atoms with Gasteiger partial charge in [0.2, 0.25) is 0 Å². The fourth-order valence-electron chi connectivity index (χ4n) is 4.09. The molecule has 33 heavy (non-hydrogen) atoms. The highest BCUT2D eigenvalue weighted by atomic mass is 32.1. The molecule has 1 amide bonds. The van der Waals surface area contributed by atoms with Crippen LogP contribution in [0.4, 0.5) is 11.4 Å². The van der Waals surface area contributed by atoms with Gasteiger partial charge >= 0.3 is 0 Å². The second-order valence-corrected chi connectivity index (χ2v) is 9.80. The molecule has 2 saturated heterocycles. The second kappa shape index (κ2) is 11.1. The molecule has 0 bridgehead atoms. The third kappa shape index (κ3) is 6.10. The molecule has 0 atom stereocenters. The molecule has 2 aliphatic heterocycles. The average molecular weight is 486 g/mol. The highest BCUT2D eigenvalue weighted by Crippen LogP contribution is 2.31. The number of morpholine rings is 1. The van der Waals surface area contributed by atoms with E-state index in [0.29, 0.717) is 31.4 Å². The van der Waals surface area contributed by atoms with Crippen molar-refractivity contribution in [1.29, 1.82) is 0 Å². The number of aromatic nitrogens is 1. The molecule has 2 aliphatic rings. The Balaban J connectivity index is 1.34. The van der Waals surface area contributed by atoms with Crippen molar-refractivity contribution in [1.82, 2.24) is 15.2 Å². The zero-order valence-corrected chi connectivity index (χ0v) is 20.6. The number of ether oxygens (including phenoxy) is 1. The summed E-state index contributed by atoms with van der Waals surface area (Å²) >= 11 is 7.08. The molecule has 3 heterocycles. The van der Waals surface area contributed by atoms with E-state index in [2.05, 4.69) is 27.0 Å². The molecular weight excluding hydrogens is 454 g/mol. The predicted octanol–water partition coefficient (Wildman–Crippen LogP) is 3.86. The molecule has 2 N–H and O–H groups in total. The van der Waals surface area contributed by atoms with E-state index in [-0.39, 0.29) is 5.91 Å². The highest BCUT2D eigenvalue weighted by Gasteiger charge is 2.25. The van der Waals surface area contributed by atoms with Crippen molar-refractivity contribution < 1.29 is 9.53 Å². The van der Waals surface area contributed by atoms with Crippen LogP contribution in [0, 0.1) is 0 Å². The van der Waals surface area contributed by atoms with E-state index in [0.717, 1.165) is 66.1 Å². The Morgan fingerprint density at radius 2 is 1.97 bits per heavy atom. The number of likely N-dealkylation sites (tertiary alicyclic amines) is 1. The lowest BCUT2D eigenvalue weighted by molar-refractivity contribution is 0.102. The van der Waals surface area contributed by atoms with E-state index in [1.807, 2.05) is 36.6 Å². The number of amides is 1. The van der Waals surface area contributed by atoms with Crippen molar-refractivity contribution in [3.05, 3.63) is 52.5 Å². The predicted molar refractivity (Wildman–Crippen MR) is 139 cm³/mol. The first-order chi connectivity index (χ1) is 16.0. The van der Waals surface area contributed by atoms with Crippen LogP contribution in [0.15, 0.2) is 41.8 Å². The number of thiazole rings is 1. The van der Waals surface area contributed by atoms with E-state index in [9.17, 15) is 4.79 Å². The van der Waals surface area contributed by atoms with Crippen LogP contribution in [0.25, 0.3) is 0 Å². The number of piperidine rings is 1. The van der Waals surface area contributed by atoms with Gasteiger partial charge in [0.05, 0.1) is 29.6 Å². The largest absolute Gasteiger partial charge is 0.378 e. The van der Waals surface area contributed by atoms with Gasteiger partial charge in [0.25, 0.3) is 5.91 Å². The molecule has 2 aromatic rings. The molecule has 0 unspecified atom stereocenters. The van der Waals surface area contributed by atoms with Crippen molar-refractivity contribution >= 4 is 45.9 Å². The van der Waals surface area contributed by atoms with Gasteiger partial charge < -0.3 is 25.2 Å². The number of carbonyl (C=O) groups excluding carboxylic acids is 1. The van der Waals surface area contributed by atoms with Crippen LogP contribution in [-0.2, 0) is 4.74 Å². The van der Waals surface area contributed by atoms with Gasteiger partial charge in [-0.3, -0.25) is 4.79 Å². The van der Waals surface area contributed by atoms with Crippen molar-refractivity contribution in [3.8, 4) is 0 Å². The monoisotopic (exact) mass is 485 g/mol. The summed E-state index contributed by atoms with van der Waals surface area (Å²) in [5.41, 5.74) is 3.37. The summed E-state index contributed by atoms with van der Waals surface area (Å²) in [5.74, 6) is 0.193. The van der Waals surface area contributed by atoms with Crippen LogP contribution in [0.3, 0.4) is 0 Å². The lowest BCUT2D eigenvalue weighted by Gasteiger charge is -2.33. The summed E-state index contributed by atoms with van der Waals surface area (Å²) in [4.78, 5) is 22.1. The molecule has 0 aliphatic carbocycles. The molecule has 7 nitrogen and oxygen atoms in total. The normalized spacial score (nSPS) is 17.0. The van der Waals surface area contributed by atoms with E-state index >= 15 is 0 Å². The van der Waals surface area contributed by atoms with Gasteiger partial charge in [0.1, 0.15) is 5.69 Å². The number of thiocarbonyl (C=S) groups is 1. The van der Waals surface area contributed by atoms with Crippen LogP contribution in [-0.4, -0.2) is 66.8 Å². The van der Waals surface area contributed by atoms with Gasteiger partial charge in [-0.1, -0.05) is 24.3 Å². The third-order valence-corrected chi connectivity index (χ3v) is 7.34. The summed E-state index contributed by atoms with van der Waals surface area (Å²) < 4.78 is 5.46. The molecule has 4 rings (SSSR count). The standard InChI is InChI=1S/C24H31N5O2S2/c1-17(2)15-25-24(32)29-9-7-18(8-10-29)23-27-20(16-33-23)22(30)26-19-5-3-4-6-21(19)28-11-13-31-14-12-28/h3-6,16,18H,1,7-15H2,2H3,(H,25,32)(H,26,30). The number of anilines is 2. The Bertz CT molecular complexity index is 994. The Hall–Kier alpha value is -2.49. The molecule has 0 spiro atoms. The SMILES string of the molecule is C=C(C)CNC(=S)N1CCC(c2nc(C(=O)Nc3ccccc3N3CCOCC3)cs2)CC1. The molecule has 1 aromatic heterocycles. The lowest BCUT2D eigenvalue weighted by atomic mass is 9.98. The van der Waals surface area contributed by atoms with Crippen molar-refractivity contribution in [3.63, 3.8) is 0 Å². The molecule has 9 heteroatoms. The first-order valence-corrected chi connectivity index (χ1v) is 12.7. The maximum Gasteiger partial charge on any atom is 0.275 e. The summed E-state index contributed by atoms with van der Waals surface area (Å²) in [6.07, 6.45) is 1.95. The Morgan fingerprint density at radius 1 is 1.24 bits per heavy atom. The topological polar surface area (TPSA) is 69.7 Å². The van der Waals surface area contributed by atoms with Crippen LogP contribution >= 0.6 is 23.6 Å². The zero-order valence-electron chi connectivity index (χ0n) is 19.0. The van der Waals surface area contributed by atoms with Crippen LogP contribution in [0.2, 0.25) is 0 Å². The Morgan fingerprint density at radius 3 is 2.70 bits per heavy atom. The number of rotatable bonds is 6. The van der Waals surface area contributed by atoms with Crippen molar-refractivity contribution in [2.75, 3.05) is 56.2 Å². The van der Waals surface area contributed by atoms with Crippen LogP contribution in [0.5, 0.6) is 0 Å². The van der Waals surface area contributed by atoms with Crippen LogP contribution < -0.4 is 15.5 Å². The number of para-hydroxylation sites is 2. The van der Waals surface area contributed by atoms with Gasteiger partial charge in [-0.2, -0.15) is 0 Å². The number of benzene rings is 1. The van der Waals surface area contributed by atoms with E-state index < -0.39 is 0 Å². The number of nitrogens with one attached hydrogen (secondary N) is 2. The lowest BCUT2D eigenvalue weighted by Crippen LogP contribution is -2.44.